The quantitative estimate of drug-likeness (QED) is 0.323. The maximum Gasteiger partial charge on any atom is 0.343 e. The van der Waals surface area contributed by atoms with Gasteiger partial charge in [-0.25, -0.2) is 4.79 Å². The van der Waals surface area contributed by atoms with Gasteiger partial charge in [0.25, 0.3) is 0 Å². The predicted octanol–water partition coefficient (Wildman–Crippen LogP) is 5.70. The maximum absolute atomic E-state index is 12.7. The summed E-state index contributed by atoms with van der Waals surface area (Å²) in [4.78, 5) is 12.7. The number of allylic oxidation sites excluding steroid dienone is 1. The standard InChI is InChI=1S/C29H28N2O5/c1-4-15-33-25-8-6-5-7-22(25)27-23-14-13-21(16-26(23)36-28(31)24(27)17-30)35-29(32)19-9-11-20(12-10-19)34-18(2)3/h5-14,16,18,27H,4,15,31H2,1-3H3. The Balaban J connectivity index is 1.63. The number of rotatable bonds is 8. The normalized spacial score (nSPS) is 14.5. The van der Waals surface area contributed by atoms with Gasteiger partial charge in [-0.1, -0.05) is 31.2 Å². The number of carbonyl (C=O) groups is 1. The highest BCUT2D eigenvalue weighted by Crippen LogP contribution is 2.45. The summed E-state index contributed by atoms with van der Waals surface area (Å²) in [6, 6.07) is 21.6. The van der Waals surface area contributed by atoms with Gasteiger partial charge in [-0.05, 0) is 56.7 Å². The SMILES string of the molecule is CCCOc1ccccc1C1C(C#N)=C(N)Oc2cc(OC(=O)c3ccc(OC(C)C)cc3)ccc21. The van der Waals surface area contributed by atoms with Crippen LogP contribution in [0.5, 0.6) is 23.0 Å². The second-order valence-electron chi connectivity index (χ2n) is 8.59. The number of hydrogen-bond acceptors (Lipinski definition) is 7. The van der Waals surface area contributed by atoms with E-state index in [1.54, 1.807) is 42.5 Å². The number of carbonyl (C=O) groups excluding carboxylic acids is 1. The highest BCUT2D eigenvalue weighted by molar-refractivity contribution is 5.91. The van der Waals surface area contributed by atoms with Crippen molar-refractivity contribution < 1.29 is 23.7 Å². The zero-order chi connectivity index (χ0) is 25.7. The van der Waals surface area contributed by atoms with Crippen molar-refractivity contribution in [1.29, 1.82) is 5.26 Å². The highest BCUT2D eigenvalue weighted by Gasteiger charge is 2.33. The fourth-order valence-electron chi connectivity index (χ4n) is 3.99. The van der Waals surface area contributed by atoms with E-state index in [2.05, 4.69) is 6.07 Å². The Morgan fingerprint density at radius 2 is 1.78 bits per heavy atom. The van der Waals surface area contributed by atoms with Gasteiger partial charge in [0, 0.05) is 17.2 Å². The Labute approximate surface area is 210 Å². The van der Waals surface area contributed by atoms with Crippen LogP contribution in [0.2, 0.25) is 0 Å². The summed E-state index contributed by atoms with van der Waals surface area (Å²) in [6.07, 6.45) is 0.889. The largest absolute Gasteiger partial charge is 0.493 e. The van der Waals surface area contributed by atoms with E-state index in [9.17, 15) is 10.1 Å². The molecule has 0 amide bonds. The van der Waals surface area contributed by atoms with Crippen LogP contribution in [0.15, 0.2) is 78.2 Å². The number of fused-ring (bicyclic) bond motifs is 1. The van der Waals surface area contributed by atoms with Crippen LogP contribution in [0.4, 0.5) is 0 Å². The zero-order valence-electron chi connectivity index (χ0n) is 20.5. The van der Waals surface area contributed by atoms with Crippen molar-refractivity contribution >= 4 is 5.97 Å². The van der Waals surface area contributed by atoms with Crippen molar-refractivity contribution in [3.05, 3.63) is 94.9 Å². The maximum atomic E-state index is 12.7. The summed E-state index contributed by atoms with van der Waals surface area (Å²) in [7, 11) is 0. The van der Waals surface area contributed by atoms with Crippen molar-refractivity contribution in [3.8, 4) is 29.1 Å². The molecule has 1 aliphatic heterocycles. The highest BCUT2D eigenvalue weighted by atomic mass is 16.5. The van der Waals surface area contributed by atoms with Crippen LogP contribution in [0.3, 0.4) is 0 Å². The Hall–Kier alpha value is -4.44. The van der Waals surface area contributed by atoms with Gasteiger partial charge in [0.1, 0.15) is 34.6 Å². The number of hydrogen-bond donors (Lipinski definition) is 1. The molecule has 3 aromatic rings. The van der Waals surface area contributed by atoms with E-state index < -0.39 is 11.9 Å². The molecule has 0 saturated heterocycles. The van der Waals surface area contributed by atoms with E-state index in [4.69, 9.17) is 24.7 Å². The lowest BCUT2D eigenvalue weighted by Gasteiger charge is -2.28. The Morgan fingerprint density at radius 3 is 2.47 bits per heavy atom. The lowest BCUT2D eigenvalue weighted by Crippen LogP contribution is -2.21. The minimum Gasteiger partial charge on any atom is -0.493 e. The molecule has 7 nitrogen and oxygen atoms in total. The van der Waals surface area contributed by atoms with Gasteiger partial charge < -0.3 is 24.7 Å². The van der Waals surface area contributed by atoms with Crippen LogP contribution in [-0.4, -0.2) is 18.7 Å². The molecule has 2 N–H and O–H groups in total. The minimum absolute atomic E-state index is 0.00418. The van der Waals surface area contributed by atoms with Gasteiger partial charge >= 0.3 is 5.97 Å². The molecule has 0 spiro atoms. The van der Waals surface area contributed by atoms with Gasteiger partial charge in [0.15, 0.2) is 0 Å². The Kier molecular flexibility index (Phi) is 7.45. The van der Waals surface area contributed by atoms with E-state index in [1.807, 2.05) is 45.0 Å². The zero-order valence-corrected chi connectivity index (χ0v) is 20.5. The summed E-state index contributed by atoms with van der Waals surface area (Å²) < 4.78 is 22.9. The molecule has 0 radical (unpaired) electrons. The molecule has 0 bridgehead atoms. The van der Waals surface area contributed by atoms with Crippen LogP contribution < -0.4 is 24.7 Å². The molecule has 184 valence electrons. The second-order valence-corrected chi connectivity index (χ2v) is 8.59. The number of para-hydroxylation sites is 1. The second kappa shape index (κ2) is 10.9. The molecular weight excluding hydrogens is 456 g/mol. The van der Waals surface area contributed by atoms with Gasteiger partial charge in [0.05, 0.1) is 24.2 Å². The number of nitriles is 1. The van der Waals surface area contributed by atoms with Crippen molar-refractivity contribution in [2.75, 3.05) is 6.61 Å². The van der Waals surface area contributed by atoms with E-state index in [-0.39, 0.29) is 12.0 Å². The molecule has 0 fully saturated rings. The molecule has 4 rings (SSSR count). The summed E-state index contributed by atoms with van der Waals surface area (Å²) in [5, 5.41) is 9.87. The van der Waals surface area contributed by atoms with Gasteiger partial charge in [-0.15, -0.1) is 0 Å². The molecule has 0 aliphatic carbocycles. The summed E-state index contributed by atoms with van der Waals surface area (Å²) in [6.45, 7) is 6.45. The fraction of sp³-hybridized carbons (Fsp3) is 0.241. The van der Waals surface area contributed by atoms with Crippen molar-refractivity contribution in [2.24, 2.45) is 5.73 Å². The average molecular weight is 485 g/mol. The summed E-state index contributed by atoms with van der Waals surface area (Å²) >= 11 is 0. The first-order valence-corrected chi connectivity index (χ1v) is 11.8. The number of nitrogens with two attached hydrogens (primary N) is 1. The Morgan fingerprint density at radius 1 is 1.06 bits per heavy atom. The molecule has 0 saturated carbocycles. The third-order valence-corrected chi connectivity index (χ3v) is 5.55. The van der Waals surface area contributed by atoms with Crippen LogP contribution in [0.25, 0.3) is 0 Å². The fourth-order valence-corrected chi connectivity index (χ4v) is 3.99. The molecule has 3 aromatic carbocycles. The molecule has 7 heteroatoms. The number of benzene rings is 3. The minimum atomic E-state index is -0.516. The van der Waals surface area contributed by atoms with E-state index in [0.29, 0.717) is 40.7 Å². The first kappa shape index (κ1) is 24.7. The smallest absolute Gasteiger partial charge is 0.343 e. The molecule has 1 heterocycles. The molecule has 1 unspecified atom stereocenters. The topological polar surface area (TPSA) is 104 Å². The third kappa shape index (κ3) is 5.28. The molecule has 1 atom stereocenters. The number of nitrogens with zero attached hydrogens (tertiary/aromatic N) is 1. The van der Waals surface area contributed by atoms with Gasteiger partial charge in [-0.2, -0.15) is 5.26 Å². The summed E-state index contributed by atoms with van der Waals surface area (Å²) in [5.41, 5.74) is 8.36. The average Bonchev–Trinajstić information content (AvgIpc) is 2.87. The number of esters is 1. The molecule has 0 aromatic heterocycles. The van der Waals surface area contributed by atoms with Crippen molar-refractivity contribution in [1.82, 2.24) is 0 Å². The lowest BCUT2D eigenvalue weighted by molar-refractivity contribution is 0.0734. The first-order chi connectivity index (χ1) is 17.4. The third-order valence-electron chi connectivity index (χ3n) is 5.55. The van der Waals surface area contributed by atoms with Crippen LogP contribution in [-0.2, 0) is 0 Å². The predicted molar refractivity (Wildman–Crippen MR) is 135 cm³/mol. The van der Waals surface area contributed by atoms with Crippen molar-refractivity contribution in [3.63, 3.8) is 0 Å². The number of ether oxygens (including phenoxy) is 4. The van der Waals surface area contributed by atoms with Crippen LogP contribution in [0.1, 0.15) is 54.6 Å². The van der Waals surface area contributed by atoms with E-state index in [1.165, 1.54) is 0 Å². The Bertz CT molecular complexity index is 1320. The molecular formula is C29H28N2O5. The van der Waals surface area contributed by atoms with E-state index >= 15 is 0 Å². The molecule has 36 heavy (non-hydrogen) atoms. The van der Waals surface area contributed by atoms with E-state index in [0.717, 1.165) is 17.5 Å². The van der Waals surface area contributed by atoms with Crippen molar-refractivity contribution in [2.45, 2.75) is 39.2 Å². The monoisotopic (exact) mass is 484 g/mol. The first-order valence-electron chi connectivity index (χ1n) is 11.8. The van der Waals surface area contributed by atoms with Gasteiger partial charge in [0.2, 0.25) is 5.88 Å². The lowest BCUT2D eigenvalue weighted by atomic mass is 9.83. The van der Waals surface area contributed by atoms with Gasteiger partial charge in [-0.3, -0.25) is 0 Å². The summed E-state index contributed by atoms with van der Waals surface area (Å²) in [5.74, 6) is 1.07. The van der Waals surface area contributed by atoms with Crippen LogP contribution in [0, 0.1) is 11.3 Å². The molecule has 1 aliphatic rings. The van der Waals surface area contributed by atoms with Crippen LogP contribution >= 0.6 is 0 Å².